The van der Waals surface area contributed by atoms with Crippen LogP contribution in [0.25, 0.3) is 0 Å². The molecule has 336 valence electrons. The van der Waals surface area contributed by atoms with Crippen LogP contribution in [-0.2, 0) is 4.79 Å². The molecule has 0 aliphatic rings. The molecule has 2 unspecified atom stereocenters. The maximum atomic E-state index is 12.4. The second kappa shape index (κ2) is 49.4. The summed E-state index contributed by atoms with van der Waals surface area (Å²) in [4.78, 5) is 12.4. The Morgan fingerprint density at radius 1 is 0.424 bits per heavy atom. The van der Waals surface area contributed by atoms with Crippen molar-refractivity contribution < 1.29 is 15.0 Å². The summed E-state index contributed by atoms with van der Waals surface area (Å²) >= 11 is 0. The van der Waals surface area contributed by atoms with Gasteiger partial charge in [0.1, 0.15) is 0 Å². The molecule has 59 heavy (non-hydrogen) atoms. The summed E-state index contributed by atoms with van der Waals surface area (Å²) in [6.07, 6.45) is 75.0. The highest BCUT2D eigenvalue weighted by Crippen LogP contribution is 2.14. The molecule has 1 amide bonds. The van der Waals surface area contributed by atoms with Gasteiger partial charge in [-0.25, -0.2) is 0 Å². The zero-order valence-corrected chi connectivity index (χ0v) is 38.5. The fraction of sp³-hybridized carbons (Fsp3) is 0.655. The molecular formula is C55H93NO3. The minimum atomic E-state index is -0.869. The lowest BCUT2D eigenvalue weighted by Gasteiger charge is -2.19. The van der Waals surface area contributed by atoms with Crippen molar-refractivity contribution >= 4 is 5.91 Å². The molecule has 0 aliphatic carbocycles. The third-order valence-electron chi connectivity index (χ3n) is 10.5. The second-order valence-electron chi connectivity index (χ2n) is 16.1. The molecule has 0 bridgehead atoms. The summed E-state index contributed by atoms with van der Waals surface area (Å²) < 4.78 is 0. The molecule has 0 aromatic heterocycles. The van der Waals surface area contributed by atoms with E-state index in [1.165, 1.54) is 116 Å². The number of nitrogens with one attached hydrogen (secondary N) is 1. The molecule has 0 fully saturated rings. The number of allylic oxidation sites excluding steroid dienone is 17. The molecule has 0 aromatic carbocycles. The topological polar surface area (TPSA) is 69.6 Å². The Bertz CT molecular complexity index is 1150. The molecule has 0 aromatic rings. The Hall–Kier alpha value is -2.95. The van der Waals surface area contributed by atoms with E-state index in [4.69, 9.17) is 0 Å². The van der Waals surface area contributed by atoms with Crippen LogP contribution in [0.15, 0.2) is 109 Å². The van der Waals surface area contributed by atoms with Crippen LogP contribution < -0.4 is 5.32 Å². The lowest BCUT2D eigenvalue weighted by Crippen LogP contribution is -2.45. The van der Waals surface area contributed by atoms with Gasteiger partial charge < -0.3 is 15.5 Å². The number of hydrogen-bond donors (Lipinski definition) is 3. The van der Waals surface area contributed by atoms with Crippen LogP contribution in [0.4, 0.5) is 0 Å². The maximum absolute atomic E-state index is 12.4. The highest BCUT2D eigenvalue weighted by molar-refractivity contribution is 5.76. The van der Waals surface area contributed by atoms with Crippen molar-refractivity contribution in [2.75, 3.05) is 6.61 Å². The number of rotatable bonds is 43. The Kier molecular flexibility index (Phi) is 46.9. The normalized spacial score (nSPS) is 13.9. The van der Waals surface area contributed by atoms with E-state index in [9.17, 15) is 15.0 Å². The van der Waals surface area contributed by atoms with E-state index < -0.39 is 12.1 Å². The molecule has 0 spiro atoms. The van der Waals surface area contributed by atoms with Crippen LogP contribution in [0.5, 0.6) is 0 Å². The summed E-state index contributed by atoms with van der Waals surface area (Å²) in [7, 11) is 0. The van der Waals surface area contributed by atoms with Crippen molar-refractivity contribution in [2.45, 2.75) is 225 Å². The monoisotopic (exact) mass is 816 g/mol. The van der Waals surface area contributed by atoms with E-state index in [1.807, 2.05) is 6.08 Å². The fourth-order valence-electron chi connectivity index (χ4n) is 6.76. The quantitative estimate of drug-likeness (QED) is 0.0424. The summed E-state index contributed by atoms with van der Waals surface area (Å²) in [5, 5.41) is 23.0. The van der Waals surface area contributed by atoms with E-state index in [2.05, 4.69) is 116 Å². The maximum Gasteiger partial charge on any atom is 0.220 e. The summed E-state index contributed by atoms with van der Waals surface area (Å²) in [5.74, 6) is -0.0826. The molecule has 3 N–H and O–H groups in total. The van der Waals surface area contributed by atoms with Crippen molar-refractivity contribution in [1.29, 1.82) is 0 Å². The zero-order valence-electron chi connectivity index (χ0n) is 38.5. The molecule has 0 saturated heterocycles. The summed E-state index contributed by atoms with van der Waals surface area (Å²) in [6, 6.07) is -0.647. The summed E-state index contributed by atoms with van der Waals surface area (Å²) in [6.45, 7) is 4.16. The van der Waals surface area contributed by atoms with Gasteiger partial charge in [-0.2, -0.15) is 0 Å². The molecule has 4 nitrogen and oxygen atoms in total. The van der Waals surface area contributed by atoms with Crippen LogP contribution in [0.2, 0.25) is 0 Å². The molecule has 0 saturated carbocycles. The Labute approximate surface area is 366 Å². The number of carbonyl (C=O) groups is 1. The number of aliphatic hydroxyl groups is 2. The van der Waals surface area contributed by atoms with Gasteiger partial charge in [-0.15, -0.1) is 0 Å². The number of carbonyl (C=O) groups excluding carboxylic acids is 1. The third kappa shape index (κ3) is 46.0. The highest BCUT2D eigenvalue weighted by Gasteiger charge is 2.17. The first-order valence-electron chi connectivity index (χ1n) is 24.6. The van der Waals surface area contributed by atoms with Crippen LogP contribution in [0.3, 0.4) is 0 Å². The van der Waals surface area contributed by atoms with E-state index in [-0.39, 0.29) is 12.5 Å². The van der Waals surface area contributed by atoms with Gasteiger partial charge in [0.05, 0.1) is 18.8 Å². The number of amides is 1. The standard InChI is InChI=1S/C55H93NO3/c1-3-5-7-9-11-13-15-17-19-20-21-22-23-24-25-26-27-28-29-30-31-32-33-34-35-36-37-39-41-43-45-47-49-51-55(59)56-53(52-57)54(58)50-48-46-44-42-40-38-18-16-14-12-10-8-6-4-2/h5,7,11,13,17,19,21-22,24-25,27-28,30-31,40,42,48,50,53-54,57-58H,3-4,6,8-10,12,14-16,18,20,23,26,29,32-39,41,43-47,49,51-52H2,1-2H3,(H,56,59)/b7-5-,13-11-,19-17-,22-21-,25-24-,28-27-,31-30-,42-40+,50-48+. The minimum Gasteiger partial charge on any atom is -0.394 e. The average molecular weight is 816 g/mol. The van der Waals surface area contributed by atoms with Crippen molar-refractivity contribution in [3.05, 3.63) is 109 Å². The molecule has 0 radical (unpaired) electrons. The molecule has 0 aliphatic heterocycles. The minimum absolute atomic E-state index is 0.0826. The van der Waals surface area contributed by atoms with Gasteiger partial charge in [0.25, 0.3) is 0 Å². The van der Waals surface area contributed by atoms with Crippen LogP contribution in [-0.4, -0.2) is 34.9 Å². The number of aliphatic hydroxyl groups excluding tert-OH is 2. The third-order valence-corrected chi connectivity index (χ3v) is 10.5. The smallest absolute Gasteiger partial charge is 0.220 e. The first-order chi connectivity index (χ1) is 29.2. The Morgan fingerprint density at radius 2 is 0.763 bits per heavy atom. The van der Waals surface area contributed by atoms with E-state index in [0.717, 1.165) is 77.0 Å². The van der Waals surface area contributed by atoms with Crippen molar-refractivity contribution in [3.8, 4) is 0 Å². The first kappa shape index (κ1) is 56.0. The van der Waals surface area contributed by atoms with Gasteiger partial charge in [-0.05, 0) is 89.9 Å². The van der Waals surface area contributed by atoms with Crippen LogP contribution in [0.1, 0.15) is 213 Å². The molecule has 2 atom stereocenters. The van der Waals surface area contributed by atoms with Gasteiger partial charge in [-0.1, -0.05) is 226 Å². The zero-order chi connectivity index (χ0) is 42.8. The fourth-order valence-corrected chi connectivity index (χ4v) is 6.76. The van der Waals surface area contributed by atoms with E-state index in [0.29, 0.717) is 6.42 Å². The Balaban J connectivity index is 3.61. The van der Waals surface area contributed by atoms with E-state index in [1.54, 1.807) is 6.08 Å². The SMILES string of the molecule is CC/C=C\C/C=C\C/C=C\C/C=C\C/C=C\C/C=C\C/C=C\CCCCCCCCCCCCCC(=O)NC(CO)C(O)/C=C/CC/C=C/CCCCCCCCCC. The summed E-state index contributed by atoms with van der Waals surface area (Å²) in [5.41, 5.74) is 0. The van der Waals surface area contributed by atoms with Crippen molar-refractivity contribution in [3.63, 3.8) is 0 Å². The molecule has 0 heterocycles. The highest BCUT2D eigenvalue weighted by atomic mass is 16.3. The number of unbranched alkanes of at least 4 members (excludes halogenated alkanes) is 20. The van der Waals surface area contributed by atoms with E-state index >= 15 is 0 Å². The van der Waals surface area contributed by atoms with Gasteiger partial charge in [0, 0.05) is 6.42 Å². The van der Waals surface area contributed by atoms with Crippen LogP contribution >= 0.6 is 0 Å². The molecule has 4 heteroatoms. The molecular weight excluding hydrogens is 723 g/mol. The largest absolute Gasteiger partial charge is 0.394 e. The lowest BCUT2D eigenvalue weighted by molar-refractivity contribution is -0.123. The average Bonchev–Trinajstić information content (AvgIpc) is 3.24. The van der Waals surface area contributed by atoms with Gasteiger partial charge in [0.15, 0.2) is 0 Å². The predicted molar refractivity (Wildman–Crippen MR) is 262 cm³/mol. The molecule has 0 rings (SSSR count). The number of hydrogen-bond acceptors (Lipinski definition) is 3. The van der Waals surface area contributed by atoms with Gasteiger partial charge >= 0.3 is 0 Å². The van der Waals surface area contributed by atoms with Crippen molar-refractivity contribution in [1.82, 2.24) is 5.32 Å². The Morgan fingerprint density at radius 3 is 1.19 bits per heavy atom. The lowest BCUT2D eigenvalue weighted by atomic mass is 10.0. The second-order valence-corrected chi connectivity index (χ2v) is 16.1. The first-order valence-corrected chi connectivity index (χ1v) is 24.6. The van der Waals surface area contributed by atoms with Crippen LogP contribution in [0, 0.1) is 0 Å². The van der Waals surface area contributed by atoms with Gasteiger partial charge in [-0.3, -0.25) is 4.79 Å². The predicted octanol–water partition coefficient (Wildman–Crippen LogP) is 16.0. The van der Waals surface area contributed by atoms with Gasteiger partial charge in [0.2, 0.25) is 5.91 Å². The van der Waals surface area contributed by atoms with Crippen molar-refractivity contribution in [2.24, 2.45) is 0 Å².